The highest BCUT2D eigenvalue weighted by Gasteiger charge is 2.32. The Morgan fingerprint density at radius 1 is 1.25 bits per heavy atom. The van der Waals surface area contributed by atoms with Crippen molar-refractivity contribution >= 4 is 0 Å². The molecule has 2 nitrogen and oxygen atoms in total. The molecule has 0 aromatic heterocycles. The lowest BCUT2D eigenvalue weighted by atomic mass is 10.0. The van der Waals surface area contributed by atoms with Gasteiger partial charge in [-0.15, -0.1) is 0 Å². The van der Waals surface area contributed by atoms with Crippen molar-refractivity contribution in [1.29, 1.82) is 0 Å². The Hall–Kier alpha value is -0.290. The summed E-state index contributed by atoms with van der Waals surface area (Å²) < 4.78 is 36.4. The second-order valence-corrected chi connectivity index (χ2v) is 4.70. The zero-order valence-corrected chi connectivity index (χ0v) is 9.56. The molecule has 1 aliphatic rings. The zero-order chi connectivity index (χ0) is 12.2. The highest BCUT2D eigenvalue weighted by atomic mass is 19.4. The number of rotatable bonds is 3. The highest BCUT2D eigenvalue weighted by molar-refractivity contribution is 4.81. The Labute approximate surface area is 94.2 Å². The quantitative estimate of drug-likeness (QED) is 0.742. The zero-order valence-electron chi connectivity index (χ0n) is 9.56. The number of alkyl halides is 3. The Bertz CT molecular complexity index is 208. The molecule has 1 fully saturated rings. The third-order valence-electron chi connectivity index (χ3n) is 3.02. The normalized spacial score (nSPS) is 29.8. The number of halogens is 3. The summed E-state index contributed by atoms with van der Waals surface area (Å²) in [4.78, 5) is 0. The molecule has 0 aromatic rings. The second-order valence-electron chi connectivity index (χ2n) is 4.70. The van der Waals surface area contributed by atoms with Crippen molar-refractivity contribution in [3.63, 3.8) is 0 Å². The van der Waals surface area contributed by atoms with Gasteiger partial charge in [-0.25, -0.2) is 0 Å². The second kappa shape index (κ2) is 5.87. The molecule has 3 atom stereocenters. The molecular formula is C11H20F3NO. The fourth-order valence-corrected chi connectivity index (χ4v) is 2.25. The molecule has 0 aliphatic heterocycles. The van der Waals surface area contributed by atoms with Crippen LogP contribution in [0, 0.1) is 0 Å². The minimum absolute atomic E-state index is 0.181. The van der Waals surface area contributed by atoms with Crippen molar-refractivity contribution in [1.82, 2.24) is 5.32 Å². The first-order chi connectivity index (χ1) is 7.38. The van der Waals surface area contributed by atoms with Crippen molar-refractivity contribution in [2.75, 3.05) is 0 Å². The van der Waals surface area contributed by atoms with E-state index in [-0.39, 0.29) is 6.04 Å². The van der Waals surface area contributed by atoms with Gasteiger partial charge in [0, 0.05) is 12.1 Å². The van der Waals surface area contributed by atoms with Gasteiger partial charge in [0.25, 0.3) is 0 Å². The predicted octanol–water partition coefficient (Wildman–Crippen LogP) is 2.61. The first kappa shape index (κ1) is 13.8. The molecule has 0 radical (unpaired) electrons. The van der Waals surface area contributed by atoms with Crippen LogP contribution in [-0.2, 0) is 0 Å². The minimum Gasteiger partial charge on any atom is -0.392 e. The minimum atomic E-state index is -4.14. The molecule has 16 heavy (non-hydrogen) atoms. The maximum absolute atomic E-state index is 12.1. The Morgan fingerprint density at radius 2 is 1.88 bits per heavy atom. The molecule has 3 unspecified atom stereocenters. The Kier molecular flexibility index (Phi) is 5.05. The van der Waals surface area contributed by atoms with Crippen LogP contribution in [0.25, 0.3) is 0 Å². The number of hydrogen-bond donors (Lipinski definition) is 2. The first-order valence-electron chi connectivity index (χ1n) is 5.89. The SMILES string of the molecule is CC(CC(F)(F)F)NC1CCCCCC1O. The topological polar surface area (TPSA) is 32.3 Å². The summed E-state index contributed by atoms with van der Waals surface area (Å²) in [5, 5.41) is 12.6. The van der Waals surface area contributed by atoms with Crippen LogP contribution in [0.4, 0.5) is 13.2 Å². The summed E-state index contributed by atoms with van der Waals surface area (Å²) in [5.41, 5.74) is 0. The average molecular weight is 239 g/mol. The lowest BCUT2D eigenvalue weighted by Crippen LogP contribution is -2.45. The molecule has 2 N–H and O–H groups in total. The molecule has 0 aromatic carbocycles. The first-order valence-corrected chi connectivity index (χ1v) is 5.89. The van der Waals surface area contributed by atoms with Gasteiger partial charge < -0.3 is 10.4 Å². The van der Waals surface area contributed by atoms with Crippen LogP contribution in [0.2, 0.25) is 0 Å². The van der Waals surface area contributed by atoms with E-state index in [0.29, 0.717) is 6.42 Å². The summed E-state index contributed by atoms with van der Waals surface area (Å²) in [6.45, 7) is 1.52. The Balaban J connectivity index is 2.39. The summed E-state index contributed by atoms with van der Waals surface area (Å²) in [5.74, 6) is 0. The highest BCUT2D eigenvalue weighted by Crippen LogP contribution is 2.23. The van der Waals surface area contributed by atoms with Crippen LogP contribution in [-0.4, -0.2) is 29.5 Å². The van der Waals surface area contributed by atoms with Gasteiger partial charge in [-0.2, -0.15) is 13.2 Å². The maximum Gasteiger partial charge on any atom is 0.390 e. The molecule has 0 heterocycles. The molecule has 96 valence electrons. The smallest absolute Gasteiger partial charge is 0.390 e. The molecule has 1 rings (SSSR count). The molecule has 0 saturated heterocycles. The van der Waals surface area contributed by atoms with E-state index in [1.54, 1.807) is 0 Å². The van der Waals surface area contributed by atoms with Gasteiger partial charge in [0.15, 0.2) is 0 Å². The molecule has 0 bridgehead atoms. The van der Waals surface area contributed by atoms with Gasteiger partial charge in [0.05, 0.1) is 12.5 Å². The summed E-state index contributed by atoms with van der Waals surface area (Å²) in [6, 6.07) is -0.808. The van der Waals surface area contributed by atoms with E-state index < -0.39 is 24.7 Å². The van der Waals surface area contributed by atoms with E-state index in [1.165, 1.54) is 6.92 Å². The molecule has 5 heteroatoms. The van der Waals surface area contributed by atoms with Crippen LogP contribution >= 0.6 is 0 Å². The van der Waals surface area contributed by atoms with Gasteiger partial charge in [-0.05, 0) is 19.8 Å². The van der Waals surface area contributed by atoms with Gasteiger partial charge in [0.2, 0.25) is 0 Å². The van der Waals surface area contributed by atoms with Crippen molar-refractivity contribution < 1.29 is 18.3 Å². The van der Waals surface area contributed by atoms with Crippen molar-refractivity contribution in [2.24, 2.45) is 0 Å². The summed E-state index contributed by atoms with van der Waals surface area (Å²) >= 11 is 0. The van der Waals surface area contributed by atoms with Gasteiger partial charge in [-0.3, -0.25) is 0 Å². The van der Waals surface area contributed by atoms with E-state index in [0.717, 1.165) is 25.7 Å². The van der Waals surface area contributed by atoms with Crippen LogP contribution in [0.15, 0.2) is 0 Å². The fourth-order valence-electron chi connectivity index (χ4n) is 2.25. The molecule has 1 saturated carbocycles. The van der Waals surface area contributed by atoms with E-state index in [1.807, 2.05) is 0 Å². The summed E-state index contributed by atoms with van der Waals surface area (Å²) in [7, 11) is 0. The van der Waals surface area contributed by atoms with Crippen LogP contribution < -0.4 is 5.32 Å². The van der Waals surface area contributed by atoms with Crippen molar-refractivity contribution in [2.45, 2.75) is 69.8 Å². The van der Waals surface area contributed by atoms with Gasteiger partial charge in [-0.1, -0.05) is 19.3 Å². The van der Waals surface area contributed by atoms with Gasteiger partial charge >= 0.3 is 6.18 Å². The third kappa shape index (κ3) is 5.16. The van der Waals surface area contributed by atoms with E-state index in [4.69, 9.17) is 0 Å². The number of aliphatic hydroxyl groups excluding tert-OH is 1. The summed E-state index contributed by atoms with van der Waals surface area (Å²) in [6.07, 6.45) is -1.01. The van der Waals surface area contributed by atoms with E-state index in [2.05, 4.69) is 5.32 Å². The lowest BCUT2D eigenvalue weighted by Gasteiger charge is -2.26. The maximum atomic E-state index is 12.1. The number of nitrogens with one attached hydrogen (secondary N) is 1. The molecule has 0 amide bonds. The molecular weight excluding hydrogens is 219 g/mol. The van der Waals surface area contributed by atoms with Crippen molar-refractivity contribution in [3.05, 3.63) is 0 Å². The van der Waals surface area contributed by atoms with E-state index in [9.17, 15) is 18.3 Å². The van der Waals surface area contributed by atoms with E-state index >= 15 is 0 Å². The molecule has 1 aliphatic carbocycles. The predicted molar refractivity (Wildman–Crippen MR) is 56.1 cm³/mol. The van der Waals surface area contributed by atoms with Crippen LogP contribution in [0.3, 0.4) is 0 Å². The third-order valence-corrected chi connectivity index (χ3v) is 3.02. The van der Waals surface area contributed by atoms with Gasteiger partial charge in [0.1, 0.15) is 0 Å². The lowest BCUT2D eigenvalue weighted by molar-refractivity contribution is -0.139. The Morgan fingerprint density at radius 3 is 2.50 bits per heavy atom. The standard InChI is InChI=1S/C11H20F3NO/c1-8(7-11(12,13)14)15-9-5-3-2-4-6-10(9)16/h8-10,15-16H,2-7H2,1H3. The van der Waals surface area contributed by atoms with Crippen LogP contribution in [0.5, 0.6) is 0 Å². The molecule has 0 spiro atoms. The fraction of sp³-hybridized carbons (Fsp3) is 1.00. The monoisotopic (exact) mass is 239 g/mol. The largest absolute Gasteiger partial charge is 0.392 e. The van der Waals surface area contributed by atoms with Crippen LogP contribution in [0.1, 0.15) is 45.4 Å². The van der Waals surface area contributed by atoms with Crippen molar-refractivity contribution in [3.8, 4) is 0 Å². The average Bonchev–Trinajstić information content (AvgIpc) is 2.29. The number of hydrogen-bond acceptors (Lipinski definition) is 2. The number of aliphatic hydroxyl groups is 1.